The first kappa shape index (κ1) is 20.9. The molecule has 0 fully saturated rings. The number of ether oxygens (including phenoxy) is 1. The zero-order chi connectivity index (χ0) is 23.8. The number of fused-ring (bicyclic) bond motifs is 3. The maximum absolute atomic E-state index is 10.6. The SMILES string of the molecule is CCc1ccnc(Oc2cccc(-c3ccc4c5ccccc5n(-c5ccccc5O)c4n3)c2)c1. The van der Waals surface area contributed by atoms with Gasteiger partial charge in [0.05, 0.1) is 16.9 Å². The highest BCUT2D eigenvalue weighted by Crippen LogP contribution is 2.35. The van der Waals surface area contributed by atoms with Crippen LogP contribution >= 0.6 is 0 Å². The third kappa shape index (κ3) is 3.77. The van der Waals surface area contributed by atoms with E-state index in [9.17, 15) is 5.11 Å². The van der Waals surface area contributed by atoms with Gasteiger partial charge in [0.1, 0.15) is 17.1 Å². The summed E-state index contributed by atoms with van der Waals surface area (Å²) >= 11 is 0. The third-order valence-corrected chi connectivity index (χ3v) is 6.20. The zero-order valence-corrected chi connectivity index (χ0v) is 19.2. The minimum atomic E-state index is 0.208. The molecule has 3 aromatic carbocycles. The number of rotatable bonds is 5. The molecule has 5 heteroatoms. The molecule has 6 aromatic rings. The van der Waals surface area contributed by atoms with Crippen LogP contribution in [0.4, 0.5) is 0 Å². The minimum absolute atomic E-state index is 0.208. The molecule has 0 aliphatic carbocycles. The third-order valence-electron chi connectivity index (χ3n) is 6.20. The van der Waals surface area contributed by atoms with E-state index in [4.69, 9.17) is 9.72 Å². The second-order valence-electron chi connectivity index (χ2n) is 8.39. The fraction of sp³-hybridized carbons (Fsp3) is 0.0667. The number of aromatic nitrogens is 3. The predicted molar refractivity (Wildman–Crippen MR) is 139 cm³/mol. The molecule has 1 N–H and O–H groups in total. The van der Waals surface area contributed by atoms with Crippen molar-refractivity contribution in [3.05, 3.63) is 109 Å². The summed E-state index contributed by atoms with van der Waals surface area (Å²) in [5.74, 6) is 1.48. The summed E-state index contributed by atoms with van der Waals surface area (Å²) in [5, 5.41) is 12.7. The molecule has 0 unspecified atom stereocenters. The van der Waals surface area contributed by atoms with Crippen molar-refractivity contribution in [2.75, 3.05) is 0 Å². The van der Waals surface area contributed by atoms with Gasteiger partial charge in [0.2, 0.25) is 5.88 Å². The van der Waals surface area contributed by atoms with Crippen LogP contribution < -0.4 is 4.74 Å². The largest absolute Gasteiger partial charge is 0.506 e. The number of hydrogen-bond donors (Lipinski definition) is 1. The molecule has 35 heavy (non-hydrogen) atoms. The zero-order valence-electron chi connectivity index (χ0n) is 19.2. The molecule has 0 bridgehead atoms. The number of hydrogen-bond acceptors (Lipinski definition) is 4. The molecule has 0 amide bonds. The van der Waals surface area contributed by atoms with Crippen molar-refractivity contribution in [1.29, 1.82) is 0 Å². The number of phenols is 1. The molecule has 170 valence electrons. The van der Waals surface area contributed by atoms with Crippen molar-refractivity contribution in [1.82, 2.24) is 14.5 Å². The van der Waals surface area contributed by atoms with Crippen molar-refractivity contribution in [2.24, 2.45) is 0 Å². The van der Waals surface area contributed by atoms with E-state index < -0.39 is 0 Å². The Labute approximate surface area is 202 Å². The maximum Gasteiger partial charge on any atom is 0.219 e. The summed E-state index contributed by atoms with van der Waals surface area (Å²) < 4.78 is 8.07. The highest BCUT2D eigenvalue weighted by atomic mass is 16.5. The van der Waals surface area contributed by atoms with Crippen molar-refractivity contribution >= 4 is 21.9 Å². The van der Waals surface area contributed by atoms with Crippen LogP contribution in [0.25, 0.3) is 38.9 Å². The number of aromatic hydroxyl groups is 1. The van der Waals surface area contributed by atoms with Gasteiger partial charge in [-0.05, 0) is 60.5 Å². The molecule has 5 nitrogen and oxygen atoms in total. The summed E-state index contributed by atoms with van der Waals surface area (Å²) in [6, 6.07) is 31.4. The quantitative estimate of drug-likeness (QED) is 0.295. The van der Waals surface area contributed by atoms with Gasteiger partial charge >= 0.3 is 0 Å². The molecule has 0 saturated carbocycles. The maximum atomic E-state index is 10.6. The van der Waals surface area contributed by atoms with Crippen molar-refractivity contribution in [3.8, 4) is 34.3 Å². The van der Waals surface area contributed by atoms with Crippen LogP contribution in [-0.4, -0.2) is 19.6 Å². The lowest BCUT2D eigenvalue weighted by Gasteiger charge is -2.10. The molecule has 0 saturated heterocycles. The van der Waals surface area contributed by atoms with Crippen molar-refractivity contribution in [3.63, 3.8) is 0 Å². The van der Waals surface area contributed by atoms with Gasteiger partial charge < -0.3 is 9.84 Å². The van der Waals surface area contributed by atoms with E-state index in [2.05, 4.69) is 30.1 Å². The van der Waals surface area contributed by atoms with Crippen molar-refractivity contribution in [2.45, 2.75) is 13.3 Å². The summed E-state index contributed by atoms with van der Waals surface area (Å²) in [6.45, 7) is 2.11. The average Bonchev–Trinajstić information content (AvgIpc) is 3.23. The van der Waals surface area contributed by atoms with Gasteiger partial charge in [-0.1, -0.05) is 49.4 Å². The first-order valence-corrected chi connectivity index (χ1v) is 11.6. The van der Waals surface area contributed by atoms with Crippen LogP contribution in [0.2, 0.25) is 0 Å². The molecule has 3 heterocycles. The molecule has 0 spiro atoms. The van der Waals surface area contributed by atoms with Crippen molar-refractivity contribution < 1.29 is 9.84 Å². The molecule has 0 aliphatic rings. The number of benzene rings is 3. The van der Waals surface area contributed by atoms with Crippen LogP contribution in [0.3, 0.4) is 0 Å². The molecule has 0 atom stereocenters. The van der Waals surface area contributed by atoms with Crippen LogP contribution in [0.5, 0.6) is 17.4 Å². The van der Waals surface area contributed by atoms with Gasteiger partial charge in [-0.3, -0.25) is 4.57 Å². The predicted octanol–water partition coefficient (Wildman–Crippen LogP) is 7.30. The fourth-order valence-electron chi connectivity index (χ4n) is 4.46. The summed E-state index contributed by atoms with van der Waals surface area (Å²) in [4.78, 5) is 9.40. The average molecular weight is 458 g/mol. The second kappa shape index (κ2) is 8.61. The summed E-state index contributed by atoms with van der Waals surface area (Å²) in [7, 11) is 0. The highest BCUT2D eigenvalue weighted by Gasteiger charge is 2.16. The van der Waals surface area contributed by atoms with Gasteiger partial charge in [0, 0.05) is 28.6 Å². The van der Waals surface area contributed by atoms with Gasteiger partial charge in [0.25, 0.3) is 0 Å². The van der Waals surface area contributed by atoms with Gasteiger partial charge in [-0.25, -0.2) is 9.97 Å². The standard InChI is InChI=1S/C30H23N3O2/c1-2-20-16-17-31-29(18-20)35-22-9-7-8-21(19-22)25-15-14-24-23-10-3-4-11-26(23)33(30(24)32-25)27-12-5-6-13-28(27)34/h3-19,34H,2H2,1H3. The molecule has 3 aromatic heterocycles. The topological polar surface area (TPSA) is 60.2 Å². The summed E-state index contributed by atoms with van der Waals surface area (Å²) in [5.41, 5.74) is 5.40. The Balaban J connectivity index is 1.48. The summed E-state index contributed by atoms with van der Waals surface area (Å²) in [6.07, 6.45) is 2.69. The number of phenolic OH excluding ortho intramolecular Hbond substituents is 1. The number of aryl methyl sites for hydroxylation is 1. The molecule has 6 rings (SSSR count). The van der Waals surface area contributed by atoms with E-state index in [1.807, 2.05) is 77.4 Å². The van der Waals surface area contributed by atoms with E-state index >= 15 is 0 Å². The van der Waals surface area contributed by atoms with Crippen LogP contribution in [0.15, 0.2) is 103 Å². The van der Waals surface area contributed by atoms with E-state index in [1.54, 1.807) is 12.3 Å². The Morgan fingerprint density at radius 3 is 2.57 bits per heavy atom. The van der Waals surface area contributed by atoms with Gasteiger partial charge in [-0.15, -0.1) is 0 Å². The fourth-order valence-corrected chi connectivity index (χ4v) is 4.46. The van der Waals surface area contributed by atoms with E-state index in [0.717, 1.165) is 39.6 Å². The monoisotopic (exact) mass is 457 g/mol. The van der Waals surface area contributed by atoms with Crippen LogP contribution in [0, 0.1) is 0 Å². The lowest BCUT2D eigenvalue weighted by molar-refractivity contribution is 0.462. The lowest BCUT2D eigenvalue weighted by atomic mass is 10.1. The molecular weight excluding hydrogens is 434 g/mol. The first-order valence-electron chi connectivity index (χ1n) is 11.6. The van der Waals surface area contributed by atoms with E-state index in [0.29, 0.717) is 17.3 Å². The highest BCUT2D eigenvalue weighted by molar-refractivity contribution is 6.08. The Bertz CT molecular complexity index is 1690. The Kier molecular flexibility index (Phi) is 5.15. The van der Waals surface area contributed by atoms with Crippen LogP contribution in [0.1, 0.15) is 12.5 Å². The second-order valence-corrected chi connectivity index (χ2v) is 8.39. The van der Waals surface area contributed by atoms with Gasteiger partial charge in [0.15, 0.2) is 0 Å². The molecular formula is C30H23N3O2. The number of pyridine rings is 2. The van der Waals surface area contributed by atoms with E-state index in [-0.39, 0.29) is 5.75 Å². The van der Waals surface area contributed by atoms with E-state index in [1.165, 1.54) is 5.56 Å². The number of para-hydroxylation sites is 3. The molecule has 0 aliphatic heterocycles. The minimum Gasteiger partial charge on any atom is -0.506 e. The Morgan fingerprint density at radius 2 is 1.69 bits per heavy atom. The number of nitrogens with zero attached hydrogens (tertiary/aromatic N) is 3. The smallest absolute Gasteiger partial charge is 0.219 e. The Hall–Kier alpha value is -4.64. The normalized spacial score (nSPS) is 11.2. The molecule has 0 radical (unpaired) electrons. The first-order chi connectivity index (χ1) is 17.2. The lowest BCUT2D eigenvalue weighted by Crippen LogP contribution is -1.97. The van der Waals surface area contributed by atoms with Crippen LogP contribution in [-0.2, 0) is 6.42 Å². The Morgan fingerprint density at radius 1 is 0.829 bits per heavy atom. The van der Waals surface area contributed by atoms with Gasteiger partial charge in [-0.2, -0.15) is 0 Å².